The number of nitrogens with zero attached hydrogens (tertiary/aromatic N) is 2. The molecule has 0 atom stereocenters. The van der Waals surface area contributed by atoms with E-state index < -0.39 is 10.4 Å². The van der Waals surface area contributed by atoms with Crippen LogP contribution in [0, 0.1) is 0 Å². The molecule has 2 aromatic carbocycles. The summed E-state index contributed by atoms with van der Waals surface area (Å²) >= 11 is 7.03. The summed E-state index contributed by atoms with van der Waals surface area (Å²) in [7, 11) is -4.42. The molecule has 26 heavy (non-hydrogen) atoms. The zero-order chi connectivity index (χ0) is 19.3. The third-order valence-electron chi connectivity index (χ3n) is 3.13. The third kappa shape index (κ3) is 5.58. The molecule has 0 radical (unpaired) electrons. The minimum Gasteiger partial charge on any atom is -0.726 e. The van der Waals surface area contributed by atoms with Gasteiger partial charge in [0.2, 0.25) is 10.4 Å². The van der Waals surface area contributed by atoms with Crippen LogP contribution in [-0.2, 0) is 14.6 Å². The van der Waals surface area contributed by atoms with Crippen LogP contribution in [0.1, 0.15) is 13.8 Å². The average Bonchev–Trinajstić information content (AvgIpc) is 2.55. The molecule has 3 rings (SSSR count). The van der Waals surface area contributed by atoms with Gasteiger partial charge in [-0.05, 0) is 44.2 Å². The fourth-order valence-corrected chi connectivity index (χ4v) is 3.23. The van der Waals surface area contributed by atoms with Gasteiger partial charge in [0, 0.05) is 20.4 Å². The third-order valence-corrected chi connectivity index (χ3v) is 4.64. The van der Waals surface area contributed by atoms with Crippen molar-refractivity contribution in [3.63, 3.8) is 0 Å². The maximum atomic E-state index is 9.45. The Morgan fingerprint density at radius 2 is 1.65 bits per heavy atom. The standard InChI is InChI=1S/C14H11Br2N2O.C2H6O4S/c1-2-19-18-14-6-4-10(16)8-12(14)11-7-9(15)3-5-13(11)17-18;1-2-6-7(3,4)5/h3-8H,2H2,1H3;2H2,1H3,(H,3,4,5)/q+1;/p-1. The smallest absolute Gasteiger partial charge is 0.297 e. The summed E-state index contributed by atoms with van der Waals surface area (Å²) in [5.74, 6) is 0. The van der Waals surface area contributed by atoms with Crippen LogP contribution in [0.3, 0.4) is 0 Å². The van der Waals surface area contributed by atoms with Gasteiger partial charge in [-0.2, -0.15) is 0 Å². The van der Waals surface area contributed by atoms with Gasteiger partial charge in [0.15, 0.2) is 6.61 Å². The van der Waals surface area contributed by atoms with Gasteiger partial charge >= 0.3 is 0 Å². The molecule has 0 saturated heterocycles. The highest BCUT2D eigenvalue weighted by molar-refractivity contribution is 9.10. The fraction of sp³-hybridized carbons (Fsp3) is 0.250. The van der Waals surface area contributed by atoms with Crippen LogP contribution in [0.5, 0.6) is 0 Å². The molecule has 0 aliphatic heterocycles. The van der Waals surface area contributed by atoms with E-state index in [9.17, 15) is 13.0 Å². The molecule has 0 bridgehead atoms. The molecule has 0 unspecified atom stereocenters. The summed E-state index contributed by atoms with van der Waals surface area (Å²) in [6.07, 6.45) is 0. The van der Waals surface area contributed by atoms with E-state index in [-0.39, 0.29) is 6.61 Å². The lowest BCUT2D eigenvalue weighted by molar-refractivity contribution is -0.913. The molecule has 0 aliphatic carbocycles. The average molecular weight is 508 g/mol. The monoisotopic (exact) mass is 506 g/mol. The summed E-state index contributed by atoms with van der Waals surface area (Å²) in [4.78, 5) is 7.17. The summed E-state index contributed by atoms with van der Waals surface area (Å²) in [6.45, 7) is 3.86. The van der Waals surface area contributed by atoms with E-state index in [4.69, 9.17) is 4.84 Å². The molecule has 0 spiro atoms. The van der Waals surface area contributed by atoms with Crippen LogP contribution in [0.2, 0.25) is 0 Å². The summed E-state index contributed by atoms with van der Waals surface area (Å²) in [6, 6.07) is 12.1. The summed E-state index contributed by atoms with van der Waals surface area (Å²) in [5, 5.41) is 6.73. The number of hydrogen-bond donors (Lipinski definition) is 0. The Morgan fingerprint density at radius 1 is 1.04 bits per heavy atom. The predicted octanol–water partition coefficient (Wildman–Crippen LogP) is 3.13. The Hall–Kier alpha value is -1.33. The molecule has 10 heteroatoms. The van der Waals surface area contributed by atoms with E-state index >= 15 is 0 Å². The molecule has 0 fully saturated rings. The van der Waals surface area contributed by atoms with Crippen molar-refractivity contribution in [1.29, 1.82) is 0 Å². The van der Waals surface area contributed by atoms with E-state index in [1.165, 1.54) is 6.92 Å². The van der Waals surface area contributed by atoms with Crippen LogP contribution in [0.25, 0.3) is 21.8 Å². The van der Waals surface area contributed by atoms with Crippen LogP contribution in [-0.4, -0.2) is 31.3 Å². The first kappa shape index (κ1) is 21.0. The highest BCUT2D eigenvalue weighted by atomic mass is 79.9. The number of benzene rings is 2. The second kappa shape index (κ2) is 9.05. The maximum absolute atomic E-state index is 9.45. The number of aromatic nitrogens is 2. The lowest BCUT2D eigenvalue weighted by atomic mass is 10.1. The number of rotatable bonds is 4. The van der Waals surface area contributed by atoms with Crippen molar-refractivity contribution in [3.05, 3.63) is 45.3 Å². The van der Waals surface area contributed by atoms with Gasteiger partial charge < -0.3 is 4.55 Å². The Kier molecular flexibility index (Phi) is 7.30. The maximum Gasteiger partial charge on any atom is 0.297 e. The summed E-state index contributed by atoms with van der Waals surface area (Å²) in [5.41, 5.74) is 1.86. The molecule has 0 N–H and O–H groups in total. The van der Waals surface area contributed by atoms with Crippen molar-refractivity contribution in [2.24, 2.45) is 0 Å². The quantitative estimate of drug-likeness (QED) is 0.233. The predicted molar refractivity (Wildman–Crippen MR) is 103 cm³/mol. The Labute approximate surface area is 168 Å². The summed E-state index contributed by atoms with van der Waals surface area (Å²) < 4.78 is 34.1. The Bertz CT molecular complexity index is 1030. The van der Waals surface area contributed by atoms with Crippen LogP contribution in [0.4, 0.5) is 0 Å². The van der Waals surface area contributed by atoms with Gasteiger partial charge in [0.25, 0.3) is 5.52 Å². The molecular formula is C16H16Br2N2O5S. The van der Waals surface area contributed by atoms with E-state index in [1.54, 1.807) is 4.85 Å². The number of fused-ring (bicyclic) bond motifs is 3. The van der Waals surface area contributed by atoms with Gasteiger partial charge in [-0.1, -0.05) is 31.9 Å². The van der Waals surface area contributed by atoms with Crippen LogP contribution in [0.15, 0.2) is 45.3 Å². The highest BCUT2D eigenvalue weighted by Gasteiger charge is 2.17. The van der Waals surface area contributed by atoms with Crippen LogP contribution >= 0.6 is 31.9 Å². The highest BCUT2D eigenvalue weighted by Crippen LogP contribution is 2.26. The molecule has 1 aromatic heterocycles. The normalized spacial score (nSPS) is 11.3. The first-order valence-corrected chi connectivity index (χ1v) is 10.5. The van der Waals surface area contributed by atoms with Crippen molar-refractivity contribution in [2.45, 2.75) is 13.8 Å². The van der Waals surface area contributed by atoms with Crippen molar-refractivity contribution >= 4 is 64.1 Å². The molecule has 7 nitrogen and oxygen atoms in total. The molecular weight excluding hydrogens is 492 g/mol. The van der Waals surface area contributed by atoms with E-state index in [0.717, 1.165) is 30.8 Å². The minimum atomic E-state index is -4.42. The number of hydrogen-bond acceptors (Lipinski definition) is 6. The molecule has 140 valence electrons. The first-order valence-electron chi connectivity index (χ1n) is 7.59. The van der Waals surface area contributed by atoms with Crippen LogP contribution < -0.4 is 9.68 Å². The van der Waals surface area contributed by atoms with E-state index in [2.05, 4.69) is 53.3 Å². The zero-order valence-electron chi connectivity index (χ0n) is 14.0. The topological polar surface area (TPSA) is 92.4 Å². The van der Waals surface area contributed by atoms with Gasteiger partial charge in [0.05, 0.1) is 17.1 Å². The Balaban J connectivity index is 0.000000298. The van der Waals surface area contributed by atoms with Gasteiger partial charge in [0.1, 0.15) is 10.4 Å². The first-order chi connectivity index (χ1) is 12.2. The number of halogens is 2. The van der Waals surface area contributed by atoms with E-state index in [0.29, 0.717) is 6.61 Å². The van der Waals surface area contributed by atoms with Crippen molar-refractivity contribution in [2.75, 3.05) is 13.2 Å². The molecule has 1 heterocycles. The fourth-order valence-electron chi connectivity index (χ4n) is 2.22. The second-order valence-electron chi connectivity index (χ2n) is 4.93. The zero-order valence-corrected chi connectivity index (χ0v) is 18.0. The molecule has 0 aliphatic rings. The van der Waals surface area contributed by atoms with Gasteiger partial charge in [-0.15, -0.1) is 0 Å². The van der Waals surface area contributed by atoms with Crippen molar-refractivity contribution in [3.8, 4) is 0 Å². The van der Waals surface area contributed by atoms with Crippen molar-refractivity contribution < 1.29 is 26.8 Å². The van der Waals surface area contributed by atoms with Gasteiger partial charge in [-0.25, -0.2) is 13.3 Å². The molecule has 0 amide bonds. The SMILES string of the molecule is CCOS(=O)(=O)[O-].CCO[n+]1nc2ccc(Br)cc2c2cc(Br)ccc21. The van der Waals surface area contributed by atoms with Crippen molar-refractivity contribution in [1.82, 2.24) is 5.10 Å². The Morgan fingerprint density at radius 3 is 2.19 bits per heavy atom. The largest absolute Gasteiger partial charge is 0.726 e. The second-order valence-corrected chi connectivity index (χ2v) is 7.81. The van der Waals surface area contributed by atoms with E-state index in [1.807, 2.05) is 31.2 Å². The minimum absolute atomic E-state index is 0.0914. The lowest BCUT2D eigenvalue weighted by Crippen LogP contribution is -2.46. The molecule has 3 aromatic rings. The molecule has 0 saturated carbocycles. The van der Waals surface area contributed by atoms with Gasteiger partial charge in [-0.3, -0.25) is 4.18 Å². The lowest BCUT2D eigenvalue weighted by Gasteiger charge is -2.02.